The van der Waals surface area contributed by atoms with Gasteiger partial charge in [-0.25, -0.2) is 4.79 Å². The lowest BCUT2D eigenvalue weighted by Gasteiger charge is -2.13. The van der Waals surface area contributed by atoms with Gasteiger partial charge in [0.15, 0.2) is 0 Å². The SMILES string of the molecule is CC(=O)Nc1cccc(NC(=O)NCCC2=CCCCC2)c1. The monoisotopic (exact) mass is 301 g/mol. The van der Waals surface area contributed by atoms with Crippen molar-refractivity contribution in [1.82, 2.24) is 5.32 Å². The first kappa shape index (κ1) is 16.1. The fraction of sp³-hybridized carbons (Fsp3) is 0.412. The molecular weight excluding hydrogens is 278 g/mol. The van der Waals surface area contributed by atoms with Crippen LogP contribution in [0.15, 0.2) is 35.9 Å². The van der Waals surface area contributed by atoms with Crippen LogP contribution in [0.2, 0.25) is 0 Å². The van der Waals surface area contributed by atoms with Crippen LogP contribution in [0.1, 0.15) is 39.0 Å². The lowest BCUT2D eigenvalue weighted by molar-refractivity contribution is -0.114. The molecule has 0 heterocycles. The van der Waals surface area contributed by atoms with Crippen molar-refractivity contribution in [3.8, 4) is 0 Å². The van der Waals surface area contributed by atoms with E-state index in [0.717, 1.165) is 19.3 Å². The van der Waals surface area contributed by atoms with Crippen LogP contribution in [-0.2, 0) is 4.79 Å². The highest BCUT2D eigenvalue weighted by Crippen LogP contribution is 2.19. The highest BCUT2D eigenvalue weighted by atomic mass is 16.2. The van der Waals surface area contributed by atoms with E-state index >= 15 is 0 Å². The molecule has 0 atom stereocenters. The first-order chi connectivity index (χ1) is 10.6. The standard InChI is InChI=1S/C17H23N3O2/c1-13(21)19-15-8-5-9-16(12-15)20-17(22)18-11-10-14-6-3-2-4-7-14/h5-6,8-9,12H,2-4,7,10-11H2,1H3,(H,19,21)(H2,18,20,22). The second kappa shape index (κ2) is 8.22. The first-order valence-corrected chi connectivity index (χ1v) is 7.74. The molecule has 1 aromatic carbocycles. The lowest BCUT2D eigenvalue weighted by Crippen LogP contribution is -2.29. The molecule has 0 radical (unpaired) electrons. The minimum absolute atomic E-state index is 0.137. The molecule has 2 rings (SSSR count). The van der Waals surface area contributed by atoms with Crippen LogP contribution < -0.4 is 16.0 Å². The number of carbonyl (C=O) groups is 2. The Morgan fingerprint density at radius 3 is 2.59 bits per heavy atom. The van der Waals surface area contributed by atoms with Crippen LogP contribution in [0, 0.1) is 0 Å². The van der Waals surface area contributed by atoms with Gasteiger partial charge in [0.2, 0.25) is 5.91 Å². The molecule has 0 unspecified atom stereocenters. The quantitative estimate of drug-likeness (QED) is 0.726. The van der Waals surface area contributed by atoms with Crippen LogP contribution in [-0.4, -0.2) is 18.5 Å². The number of anilines is 2. The molecule has 118 valence electrons. The Morgan fingerprint density at radius 1 is 1.14 bits per heavy atom. The van der Waals surface area contributed by atoms with Crippen molar-refractivity contribution in [2.75, 3.05) is 17.2 Å². The van der Waals surface area contributed by atoms with Crippen molar-refractivity contribution in [1.29, 1.82) is 0 Å². The summed E-state index contributed by atoms with van der Waals surface area (Å²) in [5.41, 5.74) is 2.76. The molecule has 5 nitrogen and oxygen atoms in total. The van der Waals surface area contributed by atoms with Gasteiger partial charge >= 0.3 is 6.03 Å². The fourth-order valence-corrected chi connectivity index (χ4v) is 2.52. The van der Waals surface area contributed by atoms with Gasteiger partial charge in [0.25, 0.3) is 0 Å². The summed E-state index contributed by atoms with van der Waals surface area (Å²) in [4.78, 5) is 22.9. The average Bonchev–Trinajstić information content (AvgIpc) is 2.48. The van der Waals surface area contributed by atoms with Crippen LogP contribution in [0.5, 0.6) is 0 Å². The van der Waals surface area contributed by atoms with Crippen LogP contribution in [0.3, 0.4) is 0 Å². The predicted octanol–water partition coefficient (Wildman–Crippen LogP) is 3.66. The van der Waals surface area contributed by atoms with Crippen molar-refractivity contribution in [2.24, 2.45) is 0 Å². The number of hydrogen-bond acceptors (Lipinski definition) is 2. The highest BCUT2D eigenvalue weighted by molar-refractivity contribution is 5.92. The summed E-state index contributed by atoms with van der Waals surface area (Å²) in [5, 5.41) is 8.32. The van der Waals surface area contributed by atoms with Crippen molar-refractivity contribution in [3.05, 3.63) is 35.9 Å². The van der Waals surface area contributed by atoms with Gasteiger partial charge in [0.05, 0.1) is 0 Å². The second-order valence-electron chi connectivity index (χ2n) is 5.50. The third kappa shape index (κ3) is 5.60. The van der Waals surface area contributed by atoms with Crippen molar-refractivity contribution < 1.29 is 9.59 Å². The van der Waals surface area contributed by atoms with Gasteiger partial charge in [-0.15, -0.1) is 0 Å². The molecule has 5 heteroatoms. The third-order valence-electron chi connectivity index (χ3n) is 3.56. The zero-order valence-corrected chi connectivity index (χ0v) is 12.9. The maximum Gasteiger partial charge on any atom is 0.319 e. The molecule has 0 saturated heterocycles. The van der Waals surface area contributed by atoms with E-state index in [1.54, 1.807) is 24.3 Å². The molecule has 0 fully saturated rings. The first-order valence-electron chi connectivity index (χ1n) is 7.74. The number of benzene rings is 1. The number of carbonyl (C=O) groups excluding carboxylic acids is 2. The van der Waals surface area contributed by atoms with E-state index in [1.807, 2.05) is 0 Å². The largest absolute Gasteiger partial charge is 0.338 e. The van der Waals surface area contributed by atoms with Gasteiger partial charge in [-0.3, -0.25) is 4.79 Å². The molecule has 3 N–H and O–H groups in total. The Bertz CT molecular complexity index is 567. The average molecular weight is 301 g/mol. The van der Waals surface area contributed by atoms with E-state index in [0.29, 0.717) is 17.9 Å². The van der Waals surface area contributed by atoms with Crippen LogP contribution >= 0.6 is 0 Å². The predicted molar refractivity (Wildman–Crippen MR) is 88.9 cm³/mol. The van der Waals surface area contributed by atoms with Gasteiger partial charge in [-0.2, -0.15) is 0 Å². The highest BCUT2D eigenvalue weighted by Gasteiger charge is 2.06. The molecular formula is C17H23N3O2. The normalized spacial score (nSPS) is 14.0. The summed E-state index contributed by atoms with van der Waals surface area (Å²) in [6.45, 7) is 2.09. The lowest BCUT2D eigenvalue weighted by atomic mass is 9.97. The number of rotatable bonds is 5. The van der Waals surface area contributed by atoms with Crippen LogP contribution in [0.25, 0.3) is 0 Å². The molecule has 22 heavy (non-hydrogen) atoms. The van der Waals surface area contributed by atoms with Crippen molar-refractivity contribution >= 4 is 23.3 Å². The number of nitrogens with one attached hydrogen (secondary N) is 3. The van der Waals surface area contributed by atoms with E-state index in [-0.39, 0.29) is 11.9 Å². The minimum atomic E-state index is -0.226. The summed E-state index contributed by atoms with van der Waals surface area (Å²) >= 11 is 0. The van der Waals surface area contributed by atoms with Crippen LogP contribution in [0.4, 0.5) is 16.2 Å². The maximum atomic E-state index is 11.9. The molecule has 0 bridgehead atoms. The number of hydrogen-bond donors (Lipinski definition) is 3. The summed E-state index contributed by atoms with van der Waals surface area (Å²) in [5.74, 6) is -0.137. The molecule has 1 aliphatic rings. The molecule has 0 aromatic heterocycles. The van der Waals surface area contributed by atoms with Gasteiger partial charge in [0.1, 0.15) is 0 Å². The summed E-state index contributed by atoms with van der Waals surface area (Å²) in [6.07, 6.45) is 8.06. The molecule has 1 aromatic rings. The number of amides is 3. The Kier molecular flexibility index (Phi) is 6.01. The van der Waals surface area contributed by atoms with E-state index < -0.39 is 0 Å². The zero-order chi connectivity index (χ0) is 15.8. The molecule has 1 aliphatic carbocycles. The Labute approximate surface area is 131 Å². The maximum absolute atomic E-state index is 11.9. The third-order valence-corrected chi connectivity index (χ3v) is 3.56. The van der Waals surface area contributed by atoms with Gasteiger partial charge in [0, 0.05) is 24.8 Å². The van der Waals surface area contributed by atoms with Crippen molar-refractivity contribution in [3.63, 3.8) is 0 Å². The molecule has 0 saturated carbocycles. The van der Waals surface area contributed by atoms with Gasteiger partial charge in [-0.1, -0.05) is 17.7 Å². The Balaban J connectivity index is 1.76. The van der Waals surface area contributed by atoms with E-state index in [1.165, 1.54) is 25.3 Å². The van der Waals surface area contributed by atoms with Crippen molar-refractivity contribution in [2.45, 2.75) is 39.0 Å². The topological polar surface area (TPSA) is 70.2 Å². The summed E-state index contributed by atoms with van der Waals surface area (Å²) < 4.78 is 0. The Hall–Kier alpha value is -2.30. The molecule has 3 amide bonds. The second-order valence-corrected chi connectivity index (χ2v) is 5.50. The van der Waals surface area contributed by atoms with E-state index in [9.17, 15) is 9.59 Å². The van der Waals surface area contributed by atoms with E-state index in [4.69, 9.17) is 0 Å². The van der Waals surface area contributed by atoms with Gasteiger partial charge < -0.3 is 16.0 Å². The minimum Gasteiger partial charge on any atom is -0.338 e. The fourth-order valence-electron chi connectivity index (χ4n) is 2.52. The Morgan fingerprint density at radius 2 is 1.91 bits per heavy atom. The molecule has 0 spiro atoms. The van der Waals surface area contributed by atoms with E-state index in [2.05, 4.69) is 22.0 Å². The summed E-state index contributed by atoms with van der Waals surface area (Å²) in [6, 6.07) is 6.85. The van der Waals surface area contributed by atoms with Gasteiger partial charge in [-0.05, 0) is 50.3 Å². The zero-order valence-electron chi connectivity index (χ0n) is 12.9. The molecule has 0 aliphatic heterocycles. The number of allylic oxidation sites excluding steroid dienone is 1. The summed E-state index contributed by atoms with van der Waals surface area (Å²) in [7, 11) is 0. The number of urea groups is 1. The smallest absolute Gasteiger partial charge is 0.319 e.